The first-order valence-corrected chi connectivity index (χ1v) is 7.13. The summed E-state index contributed by atoms with van der Waals surface area (Å²) in [5.74, 6) is 0.302. The molecule has 0 radical (unpaired) electrons. The summed E-state index contributed by atoms with van der Waals surface area (Å²) in [6.07, 6.45) is 2.89. The highest BCUT2D eigenvalue weighted by Gasteiger charge is 2.22. The number of piperidine rings is 1. The Hall–Kier alpha value is -1.35. The number of amides is 1. The Morgan fingerprint density at radius 3 is 2.47 bits per heavy atom. The van der Waals surface area contributed by atoms with Crippen LogP contribution >= 0.6 is 0 Å². The normalized spacial score (nSPS) is 17.6. The molecule has 0 saturated carbocycles. The minimum Gasteiger partial charge on any atom is -0.341 e. The molecule has 1 heterocycles. The van der Waals surface area contributed by atoms with Crippen molar-refractivity contribution in [1.82, 2.24) is 10.2 Å². The van der Waals surface area contributed by atoms with Crippen LogP contribution in [0.25, 0.3) is 0 Å². The molecule has 0 aliphatic carbocycles. The van der Waals surface area contributed by atoms with Crippen molar-refractivity contribution >= 4 is 5.91 Å². The largest absolute Gasteiger partial charge is 0.341 e. The van der Waals surface area contributed by atoms with E-state index in [4.69, 9.17) is 0 Å². The van der Waals surface area contributed by atoms with Gasteiger partial charge in [0.15, 0.2) is 0 Å². The van der Waals surface area contributed by atoms with E-state index in [0.717, 1.165) is 25.9 Å². The molecule has 2 rings (SSSR count). The first-order chi connectivity index (χ1) is 9.10. The van der Waals surface area contributed by atoms with Gasteiger partial charge in [-0.05, 0) is 39.3 Å². The summed E-state index contributed by atoms with van der Waals surface area (Å²) in [7, 11) is 1.97. The van der Waals surface area contributed by atoms with Gasteiger partial charge in [0, 0.05) is 25.6 Å². The summed E-state index contributed by atoms with van der Waals surface area (Å²) in [4.78, 5) is 13.9. The predicted molar refractivity (Wildman–Crippen MR) is 78.1 cm³/mol. The number of carbonyl (C=O) groups excluding carboxylic acids is 1. The number of carbonyl (C=O) groups is 1. The molecule has 0 aromatic heterocycles. The molecule has 1 aliphatic rings. The maximum atomic E-state index is 11.9. The van der Waals surface area contributed by atoms with Crippen molar-refractivity contribution in [3.05, 3.63) is 34.9 Å². The van der Waals surface area contributed by atoms with Crippen LogP contribution in [0.15, 0.2) is 18.2 Å². The maximum Gasteiger partial charge on any atom is 0.222 e. The van der Waals surface area contributed by atoms with Gasteiger partial charge in [-0.3, -0.25) is 4.79 Å². The zero-order valence-corrected chi connectivity index (χ0v) is 12.2. The van der Waals surface area contributed by atoms with E-state index in [2.05, 4.69) is 37.4 Å². The van der Waals surface area contributed by atoms with Crippen molar-refractivity contribution in [3.63, 3.8) is 0 Å². The molecule has 1 unspecified atom stereocenters. The van der Waals surface area contributed by atoms with Gasteiger partial charge < -0.3 is 10.2 Å². The first kappa shape index (κ1) is 14.1. The molecule has 1 aromatic rings. The molecule has 1 aliphatic heterocycles. The third-order valence-corrected chi connectivity index (χ3v) is 3.82. The summed E-state index contributed by atoms with van der Waals surface area (Å²) in [5.41, 5.74) is 3.83. The molecule has 0 spiro atoms. The Labute approximate surface area is 116 Å². The molecular weight excluding hydrogens is 236 g/mol. The van der Waals surface area contributed by atoms with Gasteiger partial charge in [-0.25, -0.2) is 0 Å². The number of benzene rings is 1. The second kappa shape index (κ2) is 6.20. The third-order valence-electron chi connectivity index (χ3n) is 3.82. The molecular formula is C16H24N2O. The van der Waals surface area contributed by atoms with Gasteiger partial charge in [0.05, 0.1) is 0 Å². The van der Waals surface area contributed by atoms with Crippen molar-refractivity contribution in [2.45, 2.75) is 39.2 Å². The quantitative estimate of drug-likeness (QED) is 0.902. The number of rotatable bonds is 4. The van der Waals surface area contributed by atoms with Crippen LogP contribution in [0.3, 0.4) is 0 Å². The summed E-state index contributed by atoms with van der Waals surface area (Å²) < 4.78 is 0. The molecule has 1 aromatic carbocycles. The van der Waals surface area contributed by atoms with Crippen LogP contribution in [-0.4, -0.2) is 30.9 Å². The van der Waals surface area contributed by atoms with E-state index in [1.165, 1.54) is 16.7 Å². The van der Waals surface area contributed by atoms with Crippen LogP contribution < -0.4 is 5.32 Å². The molecule has 3 nitrogen and oxygen atoms in total. The number of likely N-dealkylation sites (tertiary alicyclic amines) is 1. The third kappa shape index (κ3) is 3.57. The predicted octanol–water partition coefficient (Wildman–Crippen LogP) is 2.58. The summed E-state index contributed by atoms with van der Waals surface area (Å²) in [6.45, 7) is 5.92. The zero-order valence-electron chi connectivity index (χ0n) is 12.2. The van der Waals surface area contributed by atoms with Gasteiger partial charge >= 0.3 is 0 Å². The van der Waals surface area contributed by atoms with Crippen LogP contribution in [0.1, 0.15) is 42.0 Å². The van der Waals surface area contributed by atoms with Gasteiger partial charge in [-0.1, -0.05) is 29.3 Å². The standard InChI is InChI=1S/C16H24N2O/c1-12-8-13(2)10-14(9-12)15(17-3)11-18-7-5-4-6-16(18)19/h8-10,15,17H,4-7,11H2,1-3H3. The number of nitrogens with zero attached hydrogens (tertiary/aromatic N) is 1. The number of nitrogens with one attached hydrogen (secondary N) is 1. The zero-order chi connectivity index (χ0) is 13.8. The molecule has 3 heteroatoms. The van der Waals surface area contributed by atoms with Gasteiger partial charge in [-0.15, -0.1) is 0 Å². The van der Waals surface area contributed by atoms with E-state index in [1.54, 1.807) is 0 Å². The molecule has 1 saturated heterocycles. The number of likely N-dealkylation sites (N-methyl/N-ethyl adjacent to an activating group) is 1. The first-order valence-electron chi connectivity index (χ1n) is 7.13. The minimum atomic E-state index is 0.223. The van der Waals surface area contributed by atoms with Crippen LogP contribution in [0.2, 0.25) is 0 Å². The van der Waals surface area contributed by atoms with E-state index in [0.29, 0.717) is 12.3 Å². The Morgan fingerprint density at radius 1 is 1.21 bits per heavy atom. The van der Waals surface area contributed by atoms with Crippen LogP contribution in [0.4, 0.5) is 0 Å². The van der Waals surface area contributed by atoms with Crippen molar-refractivity contribution in [1.29, 1.82) is 0 Å². The van der Waals surface area contributed by atoms with E-state index in [9.17, 15) is 4.79 Å². The Morgan fingerprint density at radius 2 is 1.89 bits per heavy atom. The topological polar surface area (TPSA) is 32.3 Å². The molecule has 0 bridgehead atoms. The molecule has 1 fully saturated rings. The molecule has 1 atom stereocenters. The summed E-state index contributed by atoms with van der Waals surface area (Å²) in [6, 6.07) is 6.83. The van der Waals surface area contributed by atoms with Crippen molar-refractivity contribution in [2.24, 2.45) is 0 Å². The van der Waals surface area contributed by atoms with Crippen LogP contribution in [-0.2, 0) is 4.79 Å². The Kier molecular flexibility index (Phi) is 4.59. The second-order valence-corrected chi connectivity index (χ2v) is 5.56. The highest BCUT2D eigenvalue weighted by atomic mass is 16.2. The molecule has 104 valence electrons. The van der Waals surface area contributed by atoms with E-state index in [-0.39, 0.29) is 6.04 Å². The van der Waals surface area contributed by atoms with Gasteiger partial charge in [0.25, 0.3) is 0 Å². The minimum absolute atomic E-state index is 0.223. The highest BCUT2D eigenvalue weighted by Crippen LogP contribution is 2.20. The molecule has 1 N–H and O–H groups in total. The lowest BCUT2D eigenvalue weighted by atomic mass is 10.00. The maximum absolute atomic E-state index is 11.9. The lowest BCUT2D eigenvalue weighted by Gasteiger charge is -2.31. The summed E-state index contributed by atoms with van der Waals surface area (Å²) >= 11 is 0. The van der Waals surface area contributed by atoms with Crippen LogP contribution in [0.5, 0.6) is 0 Å². The monoisotopic (exact) mass is 260 g/mol. The summed E-state index contributed by atoms with van der Waals surface area (Å²) in [5, 5.41) is 3.35. The smallest absolute Gasteiger partial charge is 0.222 e. The van der Waals surface area contributed by atoms with Crippen molar-refractivity contribution < 1.29 is 4.79 Å². The SMILES string of the molecule is CNC(CN1CCCCC1=O)c1cc(C)cc(C)c1. The fourth-order valence-electron chi connectivity index (χ4n) is 2.85. The van der Waals surface area contributed by atoms with E-state index in [1.807, 2.05) is 11.9 Å². The van der Waals surface area contributed by atoms with Gasteiger partial charge in [0.1, 0.15) is 0 Å². The Balaban J connectivity index is 2.12. The fourth-order valence-corrected chi connectivity index (χ4v) is 2.85. The van der Waals surface area contributed by atoms with Crippen molar-refractivity contribution in [3.8, 4) is 0 Å². The van der Waals surface area contributed by atoms with E-state index < -0.39 is 0 Å². The van der Waals surface area contributed by atoms with Crippen molar-refractivity contribution in [2.75, 3.05) is 20.1 Å². The van der Waals surface area contributed by atoms with E-state index >= 15 is 0 Å². The molecule has 1 amide bonds. The average Bonchev–Trinajstić information content (AvgIpc) is 2.36. The van der Waals surface area contributed by atoms with Gasteiger partial charge in [0.2, 0.25) is 5.91 Å². The number of hydrogen-bond acceptors (Lipinski definition) is 2. The Bertz CT molecular complexity index is 436. The molecule has 19 heavy (non-hydrogen) atoms. The fraction of sp³-hybridized carbons (Fsp3) is 0.562. The lowest BCUT2D eigenvalue weighted by molar-refractivity contribution is -0.133. The second-order valence-electron chi connectivity index (χ2n) is 5.56. The number of hydrogen-bond donors (Lipinski definition) is 1. The van der Waals surface area contributed by atoms with Gasteiger partial charge in [-0.2, -0.15) is 0 Å². The number of aryl methyl sites for hydroxylation is 2. The highest BCUT2D eigenvalue weighted by molar-refractivity contribution is 5.76. The average molecular weight is 260 g/mol. The lowest BCUT2D eigenvalue weighted by Crippen LogP contribution is -2.40. The van der Waals surface area contributed by atoms with Crippen LogP contribution in [0, 0.1) is 13.8 Å².